The molecule has 0 saturated carbocycles. The number of nitrogens with zero attached hydrogens (tertiary/aromatic N) is 3. The Kier molecular flexibility index (Phi) is 5.33. The molecule has 1 aromatic heterocycles. The van der Waals surface area contributed by atoms with E-state index >= 15 is 0 Å². The topological polar surface area (TPSA) is 54.6 Å². The van der Waals surface area contributed by atoms with E-state index in [1.54, 1.807) is 6.92 Å². The van der Waals surface area contributed by atoms with Gasteiger partial charge in [-0.05, 0) is 45.3 Å². The molecular weight excluding hydrogens is 212 g/mol. The second kappa shape index (κ2) is 6.78. The zero-order chi connectivity index (χ0) is 12.7. The van der Waals surface area contributed by atoms with E-state index < -0.39 is 0 Å². The quantitative estimate of drug-likeness (QED) is 0.605. The highest BCUT2D eigenvalue weighted by Gasteiger charge is 2.01. The molecule has 1 N–H and O–H groups in total. The van der Waals surface area contributed by atoms with Crippen LogP contribution >= 0.6 is 0 Å². The Bertz CT molecular complexity index is 426. The molecule has 1 rings (SSSR count). The lowest BCUT2D eigenvalue weighted by molar-refractivity contribution is 0.626. The van der Waals surface area contributed by atoms with Gasteiger partial charge in [0.25, 0.3) is 0 Å². The van der Waals surface area contributed by atoms with Crippen molar-refractivity contribution >= 4 is 5.71 Å². The van der Waals surface area contributed by atoms with Gasteiger partial charge in [-0.2, -0.15) is 0 Å². The molecular formula is C13H20N4. The van der Waals surface area contributed by atoms with Crippen molar-refractivity contribution in [1.82, 2.24) is 15.0 Å². The molecule has 4 nitrogen and oxygen atoms in total. The van der Waals surface area contributed by atoms with Crippen molar-refractivity contribution in [2.45, 2.75) is 40.2 Å². The third-order valence-corrected chi connectivity index (χ3v) is 2.36. The van der Waals surface area contributed by atoms with Crippen LogP contribution in [0.15, 0.2) is 30.0 Å². The Labute approximate surface area is 103 Å². The number of aryl methyl sites for hydroxylation is 2. The molecule has 0 bridgehead atoms. The van der Waals surface area contributed by atoms with Crippen LogP contribution in [0.25, 0.3) is 0 Å². The van der Waals surface area contributed by atoms with Gasteiger partial charge in [0.05, 0.1) is 5.69 Å². The van der Waals surface area contributed by atoms with E-state index in [2.05, 4.69) is 10.3 Å². The molecule has 1 aromatic rings. The summed E-state index contributed by atoms with van der Waals surface area (Å²) in [6, 6.07) is 0. The fourth-order valence-electron chi connectivity index (χ4n) is 1.58. The predicted molar refractivity (Wildman–Crippen MR) is 70.3 cm³/mol. The Morgan fingerprint density at radius 2 is 2.29 bits per heavy atom. The van der Waals surface area contributed by atoms with Crippen molar-refractivity contribution in [2.24, 2.45) is 0 Å². The first-order chi connectivity index (χ1) is 8.15. The van der Waals surface area contributed by atoms with Gasteiger partial charge in [0.15, 0.2) is 0 Å². The SMILES string of the molecule is C/C=C\C(=C/C(C)=N)CCc1cn(CC)nn1. The summed E-state index contributed by atoms with van der Waals surface area (Å²) in [6.07, 6.45) is 9.67. The van der Waals surface area contributed by atoms with Crippen LogP contribution in [0.4, 0.5) is 0 Å². The molecule has 0 aromatic carbocycles. The fourth-order valence-corrected chi connectivity index (χ4v) is 1.58. The Balaban J connectivity index is 2.60. The number of rotatable bonds is 6. The van der Waals surface area contributed by atoms with Gasteiger partial charge in [0.1, 0.15) is 0 Å². The first kappa shape index (κ1) is 13.4. The summed E-state index contributed by atoms with van der Waals surface area (Å²) in [5.74, 6) is 0. The average Bonchev–Trinajstić information content (AvgIpc) is 2.73. The highest BCUT2D eigenvalue weighted by Crippen LogP contribution is 2.09. The molecule has 0 saturated heterocycles. The van der Waals surface area contributed by atoms with Crippen LogP contribution in [0.2, 0.25) is 0 Å². The van der Waals surface area contributed by atoms with Gasteiger partial charge in [-0.15, -0.1) is 5.10 Å². The largest absolute Gasteiger partial charge is 0.306 e. The summed E-state index contributed by atoms with van der Waals surface area (Å²) in [5.41, 5.74) is 2.74. The Hall–Kier alpha value is -1.71. The monoisotopic (exact) mass is 232 g/mol. The zero-order valence-corrected chi connectivity index (χ0v) is 10.8. The molecule has 1 heterocycles. The number of aromatic nitrogens is 3. The van der Waals surface area contributed by atoms with Gasteiger partial charge in [0.2, 0.25) is 0 Å². The second-order valence-corrected chi connectivity index (χ2v) is 3.97. The maximum Gasteiger partial charge on any atom is 0.0830 e. The molecule has 0 aliphatic carbocycles. The van der Waals surface area contributed by atoms with Crippen molar-refractivity contribution in [2.75, 3.05) is 0 Å². The van der Waals surface area contributed by atoms with Crippen LogP contribution in [0.3, 0.4) is 0 Å². The predicted octanol–water partition coefficient (Wildman–Crippen LogP) is 2.77. The van der Waals surface area contributed by atoms with Crippen molar-refractivity contribution in [3.05, 3.63) is 35.7 Å². The fraction of sp³-hybridized carbons (Fsp3) is 0.462. The molecule has 4 heteroatoms. The molecule has 0 fully saturated rings. The van der Waals surface area contributed by atoms with Crippen LogP contribution in [0, 0.1) is 5.41 Å². The minimum absolute atomic E-state index is 0.579. The molecule has 17 heavy (non-hydrogen) atoms. The van der Waals surface area contributed by atoms with Crippen LogP contribution in [0.5, 0.6) is 0 Å². The van der Waals surface area contributed by atoms with E-state index in [1.165, 1.54) is 0 Å². The molecule has 0 radical (unpaired) electrons. The van der Waals surface area contributed by atoms with Crippen LogP contribution in [-0.4, -0.2) is 20.7 Å². The number of allylic oxidation sites excluding steroid dienone is 4. The van der Waals surface area contributed by atoms with Gasteiger partial charge in [-0.25, -0.2) is 0 Å². The number of nitrogens with one attached hydrogen (secondary N) is 1. The van der Waals surface area contributed by atoms with E-state index in [0.29, 0.717) is 5.71 Å². The molecule has 0 atom stereocenters. The minimum Gasteiger partial charge on any atom is -0.306 e. The molecule has 0 aliphatic heterocycles. The van der Waals surface area contributed by atoms with Crippen molar-refractivity contribution in [3.8, 4) is 0 Å². The van der Waals surface area contributed by atoms with Crippen LogP contribution in [-0.2, 0) is 13.0 Å². The van der Waals surface area contributed by atoms with Gasteiger partial charge in [-0.1, -0.05) is 17.4 Å². The third kappa shape index (κ3) is 4.76. The van der Waals surface area contributed by atoms with Gasteiger partial charge in [0, 0.05) is 18.5 Å². The standard InChI is InChI=1S/C13H20N4/c1-4-6-12(9-11(3)14)7-8-13-10-17(5-2)16-15-13/h4,6,9-10,14H,5,7-8H2,1-3H3/b6-4-,12-9+,14-11?. The molecule has 0 aliphatic rings. The van der Waals surface area contributed by atoms with E-state index in [9.17, 15) is 0 Å². The van der Waals surface area contributed by atoms with Gasteiger partial charge in [-0.3, -0.25) is 4.68 Å². The van der Waals surface area contributed by atoms with Gasteiger partial charge >= 0.3 is 0 Å². The summed E-state index contributed by atoms with van der Waals surface area (Å²) >= 11 is 0. The van der Waals surface area contributed by atoms with Crippen molar-refractivity contribution < 1.29 is 0 Å². The van der Waals surface area contributed by atoms with Crippen LogP contribution in [0.1, 0.15) is 32.9 Å². The maximum atomic E-state index is 7.48. The van der Waals surface area contributed by atoms with Gasteiger partial charge < -0.3 is 5.41 Å². The molecule has 0 unspecified atom stereocenters. The highest BCUT2D eigenvalue weighted by molar-refractivity contribution is 5.90. The zero-order valence-electron chi connectivity index (χ0n) is 10.8. The second-order valence-electron chi connectivity index (χ2n) is 3.97. The molecule has 0 spiro atoms. The normalized spacial score (nSPS) is 12.3. The summed E-state index contributed by atoms with van der Waals surface area (Å²) in [5, 5.41) is 15.6. The van der Waals surface area contributed by atoms with Crippen LogP contribution < -0.4 is 0 Å². The summed E-state index contributed by atoms with van der Waals surface area (Å²) in [4.78, 5) is 0. The first-order valence-corrected chi connectivity index (χ1v) is 5.93. The lowest BCUT2D eigenvalue weighted by Gasteiger charge is -2.00. The first-order valence-electron chi connectivity index (χ1n) is 5.93. The number of hydrogen-bond donors (Lipinski definition) is 1. The third-order valence-electron chi connectivity index (χ3n) is 2.36. The summed E-state index contributed by atoms with van der Waals surface area (Å²) in [7, 11) is 0. The minimum atomic E-state index is 0.579. The van der Waals surface area contributed by atoms with Crippen molar-refractivity contribution in [1.29, 1.82) is 5.41 Å². The summed E-state index contributed by atoms with van der Waals surface area (Å²) in [6.45, 7) is 6.67. The lowest BCUT2D eigenvalue weighted by Crippen LogP contribution is -1.93. The van der Waals surface area contributed by atoms with E-state index in [4.69, 9.17) is 5.41 Å². The van der Waals surface area contributed by atoms with E-state index in [0.717, 1.165) is 30.7 Å². The highest BCUT2D eigenvalue weighted by atomic mass is 15.4. The lowest BCUT2D eigenvalue weighted by atomic mass is 10.1. The Morgan fingerprint density at radius 3 is 2.82 bits per heavy atom. The number of hydrogen-bond acceptors (Lipinski definition) is 3. The van der Waals surface area contributed by atoms with E-state index in [1.807, 2.05) is 43.0 Å². The van der Waals surface area contributed by atoms with E-state index in [-0.39, 0.29) is 0 Å². The average molecular weight is 232 g/mol. The maximum absolute atomic E-state index is 7.48. The Morgan fingerprint density at radius 1 is 1.53 bits per heavy atom. The smallest absolute Gasteiger partial charge is 0.0830 e. The van der Waals surface area contributed by atoms with Crippen molar-refractivity contribution in [3.63, 3.8) is 0 Å². The molecule has 0 amide bonds. The molecule has 92 valence electrons. The summed E-state index contributed by atoms with van der Waals surface area (Å²) < 4.78 is 1.83.